The van der Waals surface area contributed by atoms with E-state index in [0.717, 1.165) is 10.0 Å². The molecule has 0 bridgehead atoms. The first-order chi connectivity index (χ1) is 9.83. The third-order valence-corrected chi connectivity index (χ3v) is 7.94. The Bertz CT molecular complexity index is 463. The molecule has 0 saturated carbocycles. The number of carbonyl (C=O) groups is 2. The Kier molecular flexibility index (Phi) is 7.43. The maximum absolute atomic E-state index is 12.4. The average molecular weight is 397 g/mol. The number of ether oxygens (including phenoxy) is 1. The monoisotopic (exact) mass is 398 g/mol. The first kappa shape index (κ1) is 18.2. The van der Waals surface area contributed by atoms with Gasteiger partial charge < -0.3 is 0 Å². The van der Waals surface area contributed by atoms with E-state index in [0.29, 0.717) is 19.4 Å². The van der Waals surface area contributed by atoms with Gasteiger partial charge in [0.05, 0.1) is 0 Å². The molecule has 0 saturated heterocycles. The van der Waals surface area contributed by atoms with Gasteiger partial charge in [0.25, 0.3) is 0 Å². The molecule has 0 spiro atoms. The van der Waals surface area contributed by atoms with Crippen LogP contribution in [0.3, 0.4) is 0 Å². The quantitative estimate of drug-likeness (QED) is 0.382. The summed E-state index contributed by atoms with van der Waals surface area (Å²) in [6.07, 6.45) is 1.10. The van der Waals surface area contributed by atoms with Gasteiger partial charge in [-0.3, -0.25) is 0 Å². The molecule has 1 aromatic rings. The summed E-state index contributed by atoms with van der Waals surface area (Å²) in [4.78, 5) is 31.2. The molecule has 3 nitrogen and oxygen atoms in total. The summed E-state index contributed by atoms with van der Waals surface area (Å²) in [5, 5.41) is 0. The summed E-state index contributed by atoms with van der Waals surface area (Å²) in [6.45, 7) is 2.12. The van der Waals surface area contributed by atoms with Gasteiger partial charge in [-0.15, -0.1) is 0 Å². The normalized spacial score (nSPS) is 12.8. The molecular formula is C17H26O3Sn. The number of hydrogen-bond acceptors (Lipinski definition) is 3. The van der Waals surface area contributed by atoms with Crippen LogP contribution in [0.1, 0.15) is 18.9 Å². The van der Waals surface area contributed by atoms with Gasteiger partial charge in [-0.2, -0.15) is 0 Å². The first-order valence-corrected chi connectivity index (χ1v) is 18.1. The first-order valence-electron chi connectivity index (χ1n) is 7.57. The van der Waals surface area contributed by atoms with Crippen molar-refractivity contribution in [2.45, 2.75) is 39.0 Å². The minimum absolute atomic E-state index is 0.0314. The molecule has 0 aromatic heterocycles. The molecule has 1 aromatic carbocycles. The van der Waals surface area contributed by atoms with Crippen molar-refractivity contribution in [1.82, 2.24) is 0 Å². The van der Waals surface area contributed by atoms with Crippen LogP contribution in [0.25, 0.3) is 0 Å². The Hall–Kier alpha value is -0.841. The molecule has 0 amide bonds. The van der Waals surface area contributed by atoms with E-state index >= 15 is 0 Å². The zero-order valence-electron chi connectivity index (χ0n) is 13.5. The van der Waals surface area contributed by atoms with E-state index in [9.17, 15) is 9.59 Å². The number of rotatable bonds is 8. The second-order valence-electron chi connectivity index (χ2n) is 6.52. The van der Waals surface area contributed by atoms with Crippen LogP contribution in [0, 0.1) is 5.92 Å². The number of benzene rings is 1. The Morgan fingerprint density at radius 1 is 1.14 bits per heavy atom. The average Bonchev–Trinajstić information content (AvgIpc) is 2.42. The fourth-order valence-corrected chi connectivity index (χ4v) is 6.89. The van der Waals surface area contributed by atoms with E-state index < -0.39 is 24.3 Å². The van der Waals surface area contributed by atoms with Crippen LogP contribution in [0.4, 0.5) is 0 Å². The van der Waals surface area contributed by atoms with E-state index in [-0.39, 0.29) is 11.8 Å². The van der Waals surface area contributed by atoms with Crippen molar-refractivity contribution in [2.75, 3.05) is 6.61 Å². The van der Waals surface area contributed by atoms with Crippen LogP contribution >= 0.6 is 0 Å². The van der Waals surface area contributed by atoms with Crippen LogP contribution in [-0.4, -0.2) is 36.7 Å². The topological polar surface area (TPSA) is 43.4 Å². The molecule has 0 aliphatic rings. The Morgan fingerprint density at radius 3 is 2.29 bits per heavy atom. The molecular weight excluding hydrogens is 371 g/mol. The molecule has 1 unspecified atom stereocenters. The molecule has 0 N–H and O–H groups in total. The number of Topliss-reactive ketones (excluding diaryl/α,β-unsaturated/α-hetero) is 1. The Labute approximate surface area is 131 Å². The van der Waals surface area contributed by atoms with Crippen LogP contribution in [0.5, 0.6) is 0 Å². The van der Waals surface area contributed by atoms with E-state index in [1.165, 1.54) is 0 Å². The van der Waals surface area contributed by atoms with E-state index in [1.807, 2.05) is 30.3 Å². The van der Waals surface area contributed by atoms with Crippen LogP contribution in [-0.2, 0) is 20.7 Å². The molecule has 1 atom stereocenters. The molecule has 0 aliphatic carbocycles. The number of carbonyl (C=O) groups excluding carboxylic acids is 2. The molecule has 0 heterocycles. The SMILES string of the molecule is CCOC(=O)C([CH2][Sn]([CH3])([CH3])[CH3])C(=O)CCc1ccccc1. The van der Waals surface area contributed by atoms with Crippen LogP contribution in [0.2, 0.25) is 19.3 Å². The second kappa shape index (κ2) is 8.56. The van der Waals surface area contributed by atoms with Crippen molar-refractivity contribution >= 4 is 30.1 Å². The summed E-state index contributed by atoms with van der Waals surface area (Å²) in [5.74, 6) is -0.851. The van der Waals surface area contributed by atoms with E-state index in [1.54, 1.807) is 6.92 Å². The minimum atomic E-state index is -2.23. The van der Waals surface area contributed by atoms with Gasteiger partial charge in [0.1, 0.15) is 0 Å². The number of esters is 1. The van der Waals surface area contributed by atoms with Gasteiger partial charge >= 0.3 is 132 Å². The fourth-order valence-electron chi connectivity index (χ4n) is 2.27. The molecule has 1 rings (SSSR count). The van der Waals surface area contributed by atoms with Crippen molar-refractivity contribution in [3.05, 3.63) is 35.9 Å². The predicted molar refractivity (Wildman–Crippen MR) is 88.0 cm³/mol. The van der Waals surface area contributed by atoms with Crippen LogP contribution in [0.15, 0.2) is 30.3 Å². The van der Waals surface area contributed by atoms with Crippen molar-refractivity contribution in [3.63, 3.8) is 0 Å². The van der Waals surface area contributed by atoms with Gasteiger partial charge in [-0.1, -0.05) is 0 Å². The molecule has 116 valence electrons. The van der Waals surface area contributed by atoms with Gasteiger partial charge in [-0.05, 0) is 0 Å². The van der Waals surface area contributed by atoms with E-state index in [2.05, 4.69) is 14.8 Å². The zero-order chi connectivity index (χ0) is 15.9. The molecule has 0 fully saturated rings. The third-order valence-electron chi connectivity index (χ3n) is 3.28. The maximum atomic E-state index is 12.4. The van der Waals surface area contributed by atoms with Gasteiger partial charge in [-0.25, -0.2) is 0 Å². The Morgan fingerprint density at radius 2 is 1.76 bits per heavy atom. The molecule has 21 heavy (non-hydrogen) atoms. The number of aryl methyl sites for hydroxylation is 1. The van der Waals surface area contributed by atoms with Crippen molar-refractivity contribution < 1.29 is 14.3 Å². The molecule has 0 radical (unpaired) electrons. The summed E-state index contributed by atoms with van der Waals surface area (Å²) in [7, 11) is 0. The summed E-state index contributed by atoms with van der Waals surface area (Å²) < 4.78 is 5.83. The molecule has 0 aliphatic heterocycles. The zero-order valence-corrected chi connectivity index (χ0v) is 16.4. The van der Waals surface area contributed by atoms with Crippen molar-refractivity contribution in [1.29, 1.82) is 0 Å². The third kappa shape index (κ3) is 7.11. The molecule has 4 heteroatoms. The second-order valence-corrected chi connectivity index (χ2v) is 22.3. The number of hydrogen-bond donors (Lipinski definition) is 0. The number of ketones is 1. The van der Waals surface area contributed by atoms with Crippen LogP contribution < -0.4 is 0 Å². The standard InChI is InChI=1S/C14H17O3.3CH3.Sn/c1-3-17-14(16)11(2)13(15)10-9-12-7-5-4-6-8-12;;;;/h4-8,11H,2-3,9-10H2,1H3;3*1H3;. The Balaban J connectivity index is 2.68. The van der Waals surface area contributed by atoms with Gasteiger partial charge in [0.2, 0.25) is 0 Å². The van der Waals surface area contributed by atoms with Crippen molar-refractivity contribution in [3.8, 4) is 0 Å². The van der Waals surface area contributed by atoms with Gasteiger partial charge in [0, 0.05) is 0 Å². The summed E-state index contributed by atoms with van der Waals surface area (Å²) in [5.41, 5.74) is 1.13. The fraction of sp³-hybridized carbons (Fsp3) is 0.529. The van der Waals surface area contributed by atoms with Crippen molar-refractivity contribution in [2.24, 2.45) is 5.92 Å². The summed E-state index contributed by atoms with van der Waals surface area (Å²) in [6, 6.07) is 9.91. The van der Waals surface area contributed by atoms with Gasteiger partial charge in [0.15, 0.2) is 0 Å². The summed E-state index contributed by atoms with van der Waals surface area (Å²) >= 11 is -2.23. The predicted octanol–water partition coefficient (Wildman–Crippen LogP) is 3.71. The van der Waals surface area contributed by atoms with E-state index in [4.69, 9.17) is 4.74 Å².